The molecule has 0 aromatic carbocycles. The summed E-state index contributed by atoms with van der Waals surface area (Å²) in [4.78, 5) is 13.6. The summed E-state index contributed by atoms with van der Waals surface area (Å²) < 4.78 is 0. The molecule has 1 unspecified atom stereocenters. The molecule has 1 atom stereocenters. The Morgan fingerprint density at radius 1 is 1.62 bits per heavy atom. The third-order valence-corrected chi connectivity index (χ3v) is 3.42. The topological polar surface area (TPSA) is 29.4 Å². The molecule has 1 rings (SSSR count). The fourth-order valence-corrected chi connectivity index (χ4v) is 1.93. The summed E-state index contributed by atoms with van der Waals surface area (Å²) in [6, 6.07) is 0. The first-order valence-electron chi connectivity index (χ1n) is 4.85. The van der Waals surface area contributed by atoms with Crippen molar-refractivity contribution in [3.05, 3.63) is 11.8 Å². The fraction of sp³-hybridized carbons (Fsp3) is 0.727. The number of hydrogen-bond acceptors (Lipinski definition) is 2. The average Bonchev–Trinajstić information content (AvgIpc) is 2.08. The number of rotatable bonds is 1. The molecule has 1 aliphatic carbocycles. The molecule has 1 saturated carbocycles. The van der Waals surface area contributed by atoms with Gasteiger partial charge in [-0.05, 0) is 36.2 Å². The molecule has 0 saturated heterocycles. The minimum absolute atomic E-state index is 0.193. The molecule has 0 bridgehead atoms. The van der Waals surface area contributed by atoms with Crippen LogP contribution in [0.25, 0.3) is 0 Å². The van der Waals surface area contributed by atoms with Crippen molar-refractivity contribution in [1.82, 2.24) is 0 Å². The lowest BCUT2D eigenvalue weighted by molar-refractivity contribution is 0.225. The van der Waals surface area contributed by atoms with Gasteiger partial charge in [-0.2, -0.15) is 4.99 Å². The van der Waals surface area contributed by atoms with E-state index in [2.05, 4.69) is 25.8 Å². The van der Waals surface area contributed by atoms with Gasteiger partial charge >= 0.3 is 0 Å². The van der Waals surface area contributed by atoms with Crippen LogP contribution in [0.4, 0.5) is 0 Å². The maximum atomic E-state index is 10.0. The molecule has 1 aliphatic rings. The summed E-state index contributed by atoms with van der Waals surface area (Å²) in [5.41, 5.74) is 1.48. The SMILES string of the molecule is CC1CCCC(=CN=C=O)C1(C)C. The maximum absolute atomic E-state index is 10.0. The van der Waals surface area contributed by atoms with E-state index < -0.39 is 0 Å². The van der Waals surface area contributed by atoms with Crippen LogP contribution in [0.15, 0.2) is 16.8 Å². The van der Waals surface area contributed by atoms with Gasteiger partial charge in [0.05, 0.1) is 0 Å². The van der Waals surface area contributed by atoms with E-state index in [-0.39, 0.29) is 5.41 Å². The number of nitrogens with zero attached hydrogens (tertiary/aromatic N) is 1. The van der Waals surface area contributed by atoms with Crippen molar-refractivity contribution in [1.29, 1.82) is 0 Å². The number of hydrogen-bond donors (Lipinski definition) is 0. The van der Waals surface area contributed by atoms with Crippen LogP contribution in [-0.2, 0) is 4.79 Å². The van der Waals surface area contributed by atoms with Gasteiger partial charge in [0.25, 0.3) is 0 Å². The van der Waals surface area contributed by atoms with Crippen molar-refractivity contribution < 1.29 is 4.79 Å². The van der Waals surface area contributed by atoms with Gasteiger partial charge in [0.1, 0.15) is 0 Å². The van der Waals surface area contributed by atoms with Crippen LogP contribution in [0.1, 0.15) is 40.0 Å². The average molecular weight is 179 g/mol. The molecule has 13 heavy (non-hydrogen) atoms. The highest BCUT2D eigenvalue weighted by Crippen LogP contribution is 2.44. The zero-order valence-electron chi connectivity index (χ0n) is 8.63. The van der Waals surface area contributed by atoms with Crippen LogP contribution >= 0.6 is 0 Å². The van der Waals surface area contributed by atoms with E-state index in [9.17, 15) is 4.79 Å². The molecule has 0 spiro atoms. The van der Waals surface area contributed by atoms with E-state index in [1.807, 2.05) is 0 Å². The summed E-state index contributed by atoms with van der Waals surface area (Å²) in [7, 11) is 0. The summed E-state index contributed by atoms with van der Waals surface area (Å²) in [6.45, 7) is 6.71. The van der Waals surface area contributed by atoms with Crippen LogP contribution in [0.2, 0.25) is 0 Å². The molecule has 0 aromatic heterocycles. The van der Waals surface area contributed by atoms with Gasteiger partial charge in [0.2, 0.25) is 6.08 Å². The molecule has 2 heteroatoms. The second-order valence-corrected chi connectivity index (χ2v) is 4.39. The molecule has 1 fully saturated rings. The Morgan fingerprint density at radius 2 is 2.31 bits per heavy atom. The van der Waals surface area contributed by atoms with E-state index in [0.717, 1.165) is 6.42 Å². The van der Waals surface area contributed by atoms with Crippen LogP contribution in [0.3, 0.4) is 0 Å². The van der Waals surface area contributed by atoms with Crippen LogP contribution in [0.5, 0.6) is 0 Å². The van der Waals surface area contributed by atoms with E-state index in [0.29, 0.717) is 5.92 Å². The molecule has 0 heterocycles. The lowest BCUT2D eigenvalue weighted by Gasteiger charge is -2.38. The Hall–Kier alpha value is -0.880. The van der Waals surface area contributed by atoms with Gasteiger partial charge in [0.15, 0.2) is 0 Å². The number of carbonyl (C=O) groups excluding carboxylic acids is 1. The standard InChI is InChI=1S/C11H17NO/c1-9-5-4-6-10(7-12-8-13)11(9,2)3/h7,9H,4-6H2,1-3H3. The summed E-state index contributed by atoms with van der Waals surface area (Å²) >= 11 is 0. The molecular weight excluding hydrogens is 162 g/mol. The smallest absolute Gasteiger partial charge is 0.211 e. The Labute approximate surface area is 79.8 Å². The summed E-state index contributed by atoms with van der Waals surface area (Å²) in [5.74, 6) is 0.675. The Bertz CT molecular complexity index is 259. The van der Waals surface area contributed by atoms with Gasteiger partial charge in [-0.15, -0.1) is 0 Å². The monoisotopic (exact) mass is 179 g/mol. The minimum Gasteiger partial charge on any atom is -0.211 e. The second kappa shape index (κ2) is 3.89. The lowest BCUT2D eigenvalue weighted by Crippen LogP contribution is -2.28. The zero-order valence-corrected chi connectivity index (χ0v) is 8.63. The first kappa shape index (κ1) is 10.2. The predicted molar refractivity (Wildman–Crippen MR) is 53.0 cm³/mol. The Balaban J connectivity index is 2.89. The zero-order chi connectivity index (χ0) is 9.90. The van der Waals surface area contributed by atoms with Crippen molar-refractivity contribution in [3.8, 4) is 0 Å². The van der Waals surface area contributed by atoms with Crippen molar-refractivity contribution in [2.75, 3.05) is 0 Å². The van der Waals surface area contributed by atoms with E-state index in [1.165, 1.54) is 18.4 Å². The van der Waals surface area contributed by atoms with Crippen molar-refractivity contribution in [2.45, 2.75) is 40.0 Å². The Morgan fingerprint density at radius 3 is 2.92 bits per heavy atom. The Kier molecular flexibility index (Phi) is 3.05. The van der Waals surface area contributed by atoms with Gasteiger partial charge in [-0.1, -0.05) is 20.8 Å². The third-order valence-electron chi connectivity index (χ3n) is 3.42. The van der Waals surface area contributed by atoms with Crippen LogP contribution < -0.4 is 0 Å². The normalized spacial score (nSPS) is 29.8. The molecule has 0 aromatic rings. The first-order valence-corrected chi connectivity index (χ1v) is 4.85. The highest BCUT2D eigenvalue weighted by molar-refractivity contribution is 5.35. The second-order valence-electron chi connectivity index (χ2n) is 4.39. The number of aliphatic imine (C=N–C) groups is 1. The molecule has 2 nitrogen and oxygen atoms in total. The lowest BCUT2D eigenvalue weighted by atomic mass is 9.67. The third kappa shape index (κ3) is 2.07. The fourth-order valence-electron chi connectivity index (χ4n) is 1.93. The van der Waals surface area contributed by atoms with Gasteiger partial charge in [0, 0.05) is 6.20 Å². The number of isocyanates is 1. The molecule has 0 amide bonds. The largest absolute Gasteiger partial charge is 0.239 e. The van der Waals surface area contributed by atoms with E-state index in [1.54, 1.807) is 12.3 Å². The van der Waals surface area contributed by atoms with Crippen LogP contribution in [0, 0.1) is 11.3 Å². The van der Waals surface area contributed by atoms with E-state index >= 15 is 0 Å². The molecule has 72 valence electrons. The maximum Gasteiger partial charge on any atom is 0.239 e. The minimum atomic E-state index is 0.193. The van der Waals surface area contributed by atoms with Crippen molar-refractivity contribution >= 4 is 6.08 Å². The highest BCUT2D eigenvalue weighted by atomic mass is 16.1. The molecule has 0 radical (unpaired) electrons. The molecule has 0 N–H and O–H groups in total. The molecule has 0 aliphatic heterocycles. The van der Waals surface area contributed by atoms with Gasteiger partial charge in [-0.3, -0.25) is 0 Å². The quantitative estimate of drug-likeness (QED) is 0.449. The van der Waals surface area contributed by atoms with Crippen LogP contribution in [-0.4, -0.2) is 6.08 Å². The summed E-state index contributed by atoms with van der Waals surface area (Å²) in [6.07, 6.45) is 6.82. The highest BCUT2D eigenvalue weighted by Gasteiger charge is 2.32. The van der Waals surface area contributed by atoms with Crippen molar-refractivity contribution in [3.63, 3.8) is 0 Å². The predicted octanol–water partition coefficient (Wildman–Crippen LogP) is 3.05. The first-order chi connectivity index (χ1) is 6.09. The number of allylic oxidation sites excluding steroid dienone is 1. The molecular formula is C11H17NO. The summed E-state index contributed by atoms with van der Waals surface area (Å²) in [5, 5.41) is 0. The van der Waals surface area contributed by atoms with E-state index in [4.69, 9.17) is 0 Å². The van der Waals surface area contributed by atoms with Gasteiger partial charge < -0.3 is 0 Å². The van der Waals surface area contributed by atoms with Gasteiger partial charge in [-0.25, -0.2) is 4.79 Å². The van der Waals surface area contributed by atoms with Crippen molar-refractivity contribution in [2.24, 2.45) is 16.3 Å².